The Morgan fingerprint density at radius 1 is 1.11 bits per heavy atom. The van der Waals surface area contributed by atoms with E-state index in [2.05, 4.69) is 22.7 Å². The number of nitriles is 1. The van der Waals surface area contributed by atoms with E-state index in [9.17, 15) is 5.26 Å². The van der Waals surface area contributed by atoms with E-state index in [4.69, 9.17) is 9.72 Å². The predicted molar refractivity (Wildman–Crippen MR) is 112 cm³/mol. The first-order chi connectivity index (χ1) is 13.7. The van der Waals surface area contributed by atoms with E-state index < -0.39 is 0 Å². The number of benzene rings is 2. The van der Waals surface area contributed by atoms with Crippen LogP contribution in [0.25, 0.3) is 16.7 Å². The monoisotopic (exact) mass is 370 g/mol. The molecule has 4 aromatic rings. The molecule has 1 N–H and O–H groups in total. The second kappa shape index (κ2) is 7.24. The fourth-order valence-electron chi connectivity index (χ4n) is 3.69. The fraction of sp³-hybridized carbons (Fsp3) is 0.217. The van der Waals surface area contributed by atoms with Gasteiger partial charge in [0.25, 0.3) is 0 Å². The molecule has 4 rings (SSSR count). The normalized spacial score (nSPS) is 10.9. The van der Waals surface area contributed by atoms with Crippen molar-refractivity contribution in [2.75, 3.05) is 11.9 Å². The van der Waals surface area contributed by atoms with E-state index in [0.29, 0.717) is 17.8 Å². The van der Waals surface area contributed by atoms with Gasteiger partial charge in [-0.2, -0.15) is 5.26 Å². The van der Waals surface area contributed by atoms with Gasteiger partial charge in [-0.3, -0.25) is 4.40 Å². The molecule has 2 aromatic carbocycles. The summed E-state index contributed by atoms with van der Waals surface area (Å²) < 4.78 is 7.61. The number of aromatic nitrogens is 2. The number of fused-ring (bicyclic) bond motifs is 3. The fourth-order valence-corrected chi connectivity index (χ4v) is 3.69. The van der Waals surface area contributed by atoms with E-state index in [-0.39, 0.29) is 0 Å². The van der Waals surface area contributed by atoms with Crippen LogP contribution in [0.4, 0.5) is 11.5 Å². The van der Waals surface area contributed by atoms with Crippen molar-refractivity contribution >= 4 is 28.2 Å². The number of ether oxygens (including phenoxy) is 1. The van der Waals surface area contributed by atoms with Crippen LogP contribution in [0.2, 0.25) is 0 Å². The maximum Gasteiger partial charge on any atom is 0.157 e. The van der Waals surface area contributed by atoms with Crippen molar-refractivity contribution in [3.63, 3.8) is 0 Å². The summed E-state index contributed by atoms with van der Waals surface area (Å²) >= 11 is 0. The first-order valence-corrected chi connectivity index (χ1v) is 9.50. The smallest absolute Gasteiger partial charge is 0.157 e. The number of para-hydroxylation sites is 2. The SMILES string of the molecule is CCOc1ccc(Nc2c(CC)c(C)c(C#N)c3nc4ccccc4n23)cc1. The highest BCUT2D eigenvalue weighted by Crippen LogP contribution is 2.33. The highest BCUT2D eigenvalue weighted by Gasteiger charge is 2.19. The van der Waals surface area contributed by atoms with Crippen LogP contribution in [-0.2, 0) is 6.42 Å². The zero-order chi connectivity index (χ0) is 19.7. The van der Waals surface area contributed by atoms with Crippen LogP contribution in [0.3, 0.4) is 0 Å². The third-order valence-electron chi connectivity index (χ3n) is 5.01. The highest BCUT2D eigenvalue weighted by atomic mass is 16.5. The Kier molecular flexibility index (Phi) is 4.62. The molecule has 28 heavy (non-hydrogen) atoms. The molecule has 0 amide bonds. The Balaban J connectivity index is 1.97. The van der Waals surface area contributed by atoms with Gasteiger partial charge in [0.2, 0.25) is 0 Å². The van der Waals surface area contributed by atoms with Gasteiger partial charge in [0.15, 0.2) is 5.65 Å². The van der Waals surface area contributed by atoms with Crippen molar-refractivity contribution in [3.05, 3.63) is 65.2 Å². The minimum absolute atomic E-state index is 0.630. The summed E-state index contributed by atoms with van der Waals surface area (Å²) in [5, 5.41) is 13.3. The van der Waals surface area contributed by atoms with Crippen molar-refractivity contribution in [2.45, 2.75) is 27.2 Å². The summed E-state index contributed by atoms with van der Waals surface area (Å²) in [6, 6.07) is 18.3. The van der Waals surface area contributed by atoms with Gasteiger partial charge in [-0.25, -0.2) is 4.98 Å². The second-order valence-corrected chi connectivity index (χ2v) is 6.63. The maximum absolute atomic E-state index is 9.79. The summed E-state index contributed by atoms with van der Waals surface area (Å²) in [4.78, 5) is 4.74. The lowest BCUT2D eigenvalue weighted by Crippen LogP contribution is -2.07. The Labute approximate surface area is 164 Å². The minimum Gasteiger partial charge on any atom is -0.494 e. The highest BCUT2D eigenvalue weighted by molar-refractivity contribution is 5.87. The molecule has 0 fully saturated rings. The third-order valence-corrected chi connectivity index (χ3v) is 5.01. The maximum atomic E-state index is 9.79. The number of hydrogen-bond donors (Lipinski definition) is 1. The molecule has 0 bridgehead atoms. The Morgan fingerprint density at radius 2 is 1.86 bits per heavy atom. The van der Waals surface area contributed by atoms with Gasteiger partial charge in [0.05, 0.1) is 23.2 Å². The molecule has 0 aliphatic carbocycles. The third kappa shape index (κ3) is 2.84. The molecular formula is C23H22N4O. The number of pyridine rings is 1. The van der Waals surface area contributed by atoms with Crippen molar-refractivity contribution in [1.29, 1.82) is 5.26 Å². The first kappa shape index (κ1) is 17.9. The molecule has 5 nitrogen and oxygen atoms in total. The minimum atomic E-state index is 0.630. The van der Waals surface area contributed by atoms with Crippen molar-refractivity contribution in [3.8, 4) is 11.8 Å². The molecule has 0 aliphatic rings. The number of hydrogen-bond acceptors (Lipinski definition) is 4. The van der Waals surface area contributed by atoms with E-state index in [1.165, 1.54) is 0 Å². The standard InChI is InChI=1S/C23H22N4O/c1-4-18-15(3)19(14-24)23-26-20-8-6-7-9-21(20)27(23)22(18)25-16-10-12-17(13-11-16)28-5-2/h6-13,25H,4-5H2,1-3H3. The summed E-state index contributed by atoms with van der Waals surface area (Å²) in [7, 11) is 0. The Hall–Kier alpha value is -3.52. The van der Waals surface area contributed by atoms with Gasteiger partial charge in [-0.15, -0.1) is 0 Å². The molecule has 0 aliphatic heterocycles. The molecule has 0 saturated heterocycles. The van der Waals surface area contributed by atoms with Gasteiger partial charge in [0.1, 0.15) is 17.6 Å². The average molecular weight is 370 g/mol. The van der Waals surface area contributed by atoms with Crippen LogP contribution < -0.4 is 10.1 Å². The number of rotatable bonds is 5. The Bertz CT molecular complexity index is 1200. The lowest BCUT2D eigenvalue weighted by atomic mass is 10.0. The first-order valence-electron chi connectivity index (χ1n) is 9.50. The summed E-state index contributed by atoms with van der Waals surface area (Å²) in [6.07, 6.45) is 0.808. The summed E-state index contributed by atoms with van der Waals surface area (Å²) in [5.41, 5.74) is 6.22. The molecule has 0 spiro atoms. The average Bonchev–Trinajstić information content (AvgIpc) is 3.09. The molecular weight excluding hydrogens is 348 g/mol. The van der Waals surface area contributed by atoms with Gasteiger partial charge in [0, 0.05) is 5.69 Å². The zero-order valence-corrected chi connectivity index (χ0v) is 16.3. The van der Waals surface area contributed by atoms with E-state index >= 15 is 0 Å². The van der Waals surface area contributed by atoms with Gasteiger partial charge < -0.3 is 10.1 Å². The summed E-state index contributed by atoms with van der Waals surface area (Å²) in [5.74, 6) is 1.80. The van der Waals surface area contributed by atoms with Gasteiger partial charge in [-0.1, -0.05) is 19.1 Å². The molecule has 2 heterocycles. The number of nitrogens with zero attached hydrogens (tertiary/aromatic N) is 3. The number of anilines is 2. The molecule has 5 heteroatoms. The molecule has 0 radical (unpaired) electrons. The summed E-state index contributed by atoms with van der Waals surface area (Å²) in [6.45, 7) is 6.72. The van der Waals surface area contributed by atoms with E-state index in [1.54, 1.807) is 0 Å². The molecule has 2 aromatic heterocycles. The topological polar surface area (TPSA) is 62.3 Å². The van der Waals surface area contributed by atoms with Crippen LogP contribution in [0.15, 0.2) is 48.5 Å². The van der Waals surface area contributed by atoms with Gasteiger partial charge in [-0.05, 0) is 67.8 Å². The van der Waals surface area contributed by atoms with Crippen molar-refractivity contribution in [1.82, 2.24) is 9.38 Å². The molecule has 0 atom stereocenters. The molecule has 0 unspecified atom stereocenters. The molecule has 140 valence electrons. The number of imidazole rings is 1. The largest absolute Gasteiger partial charge is 0.494 e. The van der Waals surface area contributed by atoms with E-state index in [0.717, 1.165) is 45.8 Å². The van der Waals surface area contributed by atoms with Crippen LogP contribution in [0.1, 0.15) is 30.5 Å². The molecule has 0 saturated carbocycles. The van der Waals surface area contributed by atoms with Crippen LogP contribution in [0, 0.1) is 18.3 Å². The zero-order valence-electron chi connectivity index (χ0n) is 16.3. The quantitative estimate of drug-likeness (QED) is 0.513. The second-order valence-electron chi connectivity index (χ2n) is 6.63. The Morgan fingerprint density at radius 3 is 2.54 bits per heavy atom. The van der Waals surface area contributed by atoms with Crippen LogP contribution in [-0.4, -0.2) is 16.0 Å². The van der Waals surface area contributed by atoms with Gasteiger partial charge >= 0.3 is 0 Å². The lowest BCUT2D eigenvalue weighted by molar-refractivity contribution is 0.340. The predicted octanol–water partition coefficient (Wildman–Crippen LogP) is 5.37. The number of nitrogens with one attached hydrogen (secondary N) is 1. The lowest BCUT2D eigenvalue weighted by Gasteiger charge is -2.18. The van der Waals surface area contributed by atoms with Crippen molar-refractivity contribution < 1.29 is 4.74 Å². The van der Waals surface area contributed by atoms with Crippen LogP contribution >= 0.6 is 0 Å². The van der Waals surface area contributed by atoms with Crippen LogP contribution in [0.5, 0.6) is 5.75 Å². The van der Waals surface area contributed by atoms with Crippen molar-refractivity contribution in [2.24, 2.45) is 0 Å². The van der Waals surface area contributed by atoms with E-state index in [1.807, 2.05) is 62.4 Å².